The SMILES string of the molecule is N=C(N)C1CCC2CC(C(=O)NC3CCC4NC(N)NC4C3)N(CC3CCC(C(F)(F)F)CC3)C2C1. The van der Waals surface area contributed by atoms with Crippen LogP contribution in [0.4, 0.5) is 13.2 Å². The number of nitrogens with two attached hydrogens (primary N) is 2. The summed E-state index contributed by atoms with van der Waals surface area (Å²) in [5, 5.41) is 18.0. The molecule has 0 radical (unpaired) electrons. The fourth-order valence-electron chi connectivity index (χ4n) is 7.81. The molecule has 5 rings (SSSR count). The molecule has 0 bridgehead atoms. The number of rotatable bonds is 5. The Morgan fingerprint density at radius 3 is 2.39 bits per heavy atom. The average molecular weight is 514 g/mol. The third kappa shape index (κ3) is 5.54. The summed E-state index contributed by atoms with van der Waals surface area (Å²) in [6, 6.07) is 0.588. The highest BCUT2D eigenvalue weighted by Gasteiger charge is 2.49. The highest BCUT2D eigenvalue weighted by atomic mass is 19.4. The molecule has 2 heterocycles. The smallest absolute Gasteiger partial charge is 0.387 e. The highest BCUT2D eigenvalue weighted by molar-refractivity contribution is 5.83. The minimum Gasteiger partial charge on any atom is -0.387 e. The molecule has 5 aliphatic rings. The van der Waals surface area contributed by atoms with Crippen LogP contribution in [0.3, 0.4) is 0 Å². The molecular formula is C25H42F3N7O. The van der Waals surface area contributed by atoms with Crippen molar-refractivity contribution in [2.75, 3.05) is 6.54 Å². The number of likely N-dealkylation sites (tertiary alicyclic amines) is 1. The first-order valence-corrected chi connectivity index (χ1v) is 13.8. The van der Waals surface area contributed by atoms with Gasteiger partial charge in [-0.1, -0.05) is 0 Å². The molecule has 5 fully saturated rings. The molecular weight excluding hydrogens is 471 g/mol. The van der Waals surface area contributed by atoms with E-state index in [4.69, 9.17) is 16.9 Å². The van der Waals surface area contributed by atoms with Crippen LogP contribution in [-0.4, -0.2) is 65.9 Å². The van der Waals surface area contributed by atoms with Gasteiger partial charge in [-0.15, -0.1) is 0 Å². The van der Waals surface area contributed by atoms with Crippen molar-refractivity contribution >= 4 is 11.7 Å². The minimum atomic E-state index is -4.11. The van der Waals surface area contributed by atoms with Crippen LogP contribution in [-0.2, 0) is 4.79 Å². The highest BCUT2D eigenvalue weighted by Crippen LogP contribution is 2.45. The standard InChI is InChI=1S/C25H42F3N7O/c26-25(27,28)16-5-1-13(2-6-16)12-35-20-10-15(22(29)30)4-3-14(20)9-21(35)23(36)32-17-7-8-18-19(11-17)34-24(31)33-18/h13-21,24,33-34H,1-12,31H2,(H3,29,30)(H,32,36). The molecule has 0 aromatic rings. The lowest BCUT2D eigenvalue weighted by Crippen LogP contribution is -2.54. The number of alkyl halides is 3. The summed E-state index contributed by atoms with van der Waals surface area (Å²) in [5.41, 5.74) is 11.8. The number of hydrogen-bond donors (Lipinski definition) is 6. The number of amidine groups is 1. The first-order chi connectivity index (χ1) is 17.1. The van der Waals surface area contributed by atoms with Crippen LogP contribution in [0.25, 0.3) is 0 Å². The van der Waals surface area contributed by atoms with E-state index in [1.165, 1.54) is 0 Å². The number of amides is 1. The average Bonchev–Trinajstić information content (AvgIpc) is 3.37. The molecule has 2 aliphatic heterocycles. The molecule has 8 N–H and O–H groups in total. The molecule has 8 atom stereocenters. The lowest BCUT2D eigenvalue weighted by Gasteiger charge is -2.40. The summed E-state index contributed by atoms with van der Waals surface area (Å²) in [7, 11) is 0. The van der Waals surface area contributed by atoms with E-state index in [0.717, 1.165) is 44.9 Å². The van der Waals surface area contributed by atoms with Crippen molar-refractivity contribution in [1.82, 2.24) is 20.9 Å². The number of nitrogens with zero attached hydrogens (tertiary/aromatic N) is 1. The van der Waals surface area contributed by atoms with Crippen LogP contribution in [0, 0.1) is 29.1 Å². The molecule has 204 valence electrons. The number of fused-ring (bicyclic) bond motifs is 2. The Balaban J connectivity index is 1.25. The monoisotopic (exact) mass is 513 g/mol. The van der Waals surface area contributed by atoms with E-state index in [-0.39, 0.29) is 66.9 Å². The largest absolute Gasteiger partial charge is 0.391 e. The zero-order valence-electron chi connectivity index (χ0n) is 20.9. The molecule has 8 nitrogen and oxygen atoms in total. The van der Waals surface area contributed by atoms with Gasteiger partial charge in [0.25, 0.3) is 0 Å². The van der Waals surface area contributed by atoms with E-state index in [9.17, 15) is 18.0 Å². The van der Waals surface area contributed by atoms with Gasteiger partial charge in [-0.2, -0.15) is 13.2 Å². The van der Waals surface area contributed by atoms with E-state index in [1.54, 1.807) is 0 Å². The number of nitrogens with one attached hydrogen (secondary N) is 4. The summed E-state index contributed by atoms with van der Waals surface area (Å²) in [5.74, 6) is -0.376. The Morgan fingerprint density at radius 1 is 0.972 bits per heavy atom. The Labute approximate surface area is 211 Å². The van der Waals surface area contributed by atoms with Crippen molar-refractivity contribution in [3.8, 4) is 0 Å². The van der Waals surface area contributed by atoms with Gasteiger partial charge in [-0.3, -0.25) is 25.7 Å². The van der Waals surface area contributed by atoms with Gasteiger partial charge in [-0.05, 0) is 82.5 Å². The number of carbonyl (C=O) groups excluding carboxylic acids is 1. The maximum atomic E-state index is 13.6. The van der Waals surface area contributed by atoms with E-state index in [1.807, 2.05) is 0 Å². The molecule has 3 aliphatic carbocycles. The first-order valence-electron chi connectivity index (χ1n) is 13.8. The van der Waals surface area contributed by atoms with E-state index in [2.05, 4.69) is 20.9 Å². The van der Waals surface area contributed by atoms with E-state index >= 15 is 0 Å². The van der Waals surface area contributed by atoms with Crippen molar-refractivity contribution in [3.63, 3.8) is 0 Å². The maximum absolute atomic E-state index is 13.6. The molecule has 0 spiro atoms. The quantitative estimate of drug-likeness (QED) is 0.246. The predicted molar refractivity (Wildman–Crippen MR) is 131 cm³/mol. The number of hydrogen-bond acceptors (Lipinski definition) is 6. The second-order valence-corrected chi connectivity index (χ2v) is 12.0. The molecule has 3 saturated carbocycles. The molecule has 0 aromatic carbocycles. The van der Waals surface area contributed by atoms with Gasteiger partial charge < -0.3 is 16.8 Å². The molecule has 8 unspecified atom stereocenters. The van der Waals surface area contributed by atoms with E-state index < -0.39 is 12.1 Å². The fourth-order valence-corrected chi connectivity index (χ4v) is 7.81. The van der Waals surface area contributed by atoms with Crippen LogP contribution in [0.5, 0.6) is 0 Å². The maximum Gasteiger partial charge on any atom is 0.391 e. The molecule has 1 amide bonds. The second-order valence-electron chi connectivity index (χ2n) is 12.0. The lowest BCUT2D eigenvalue weighted by molar-refractivity contribution is -0.184. The Bertz CT molecular complexity index is 818. The summed E-state index contributed by atoms with van der Waals surface area (Å²) in [4.78, 5) is 15.9. The third-order valence-corrected chi connectivity index (χ3v) is 9.81. The zero-order chi connectivity index (χ0) is 25.6. The minimum absolute atomic E-state index is 0.0250. The van der Waals surface area contributed by atoms with Crippen LogP contribution < -0.4 is 27.4 Å². The lowest BCUT2D eigenvalue weighted by atomic mass is 9.77. The third-order valence-electron chi connectivity index (χ3n) is 9.81. The molecule has 2 saturated heterocycles. The van der Waals surface area contributed by atoms with Gasteiger partial charge in [0.2, 0.25) is 5.91 Å². The number of carbonyl (C=O) groups is 1. The van der Waals surface area contributed by atoms with Gasteiger partial charge in [-0.25, -0.2) is 0 Å². The summed E-state index contributed by atoms with van der Waals surface area (Å²) >= 11 is 0. The van der Waals surface area contributed by atoms with Crippen molar-refractivity contribution in [2.45, 2.75) is 113 Å². The van der Waals surface area contributed by atoms with Gasteiger partial charge in [0.1, 0.15) is 6.29 Å². The molecule has 0 aromatic heterocycles. The van der Waals surface area contributed by atoms with E-state index in [0.29, 0.717) is 31.3 Å². The summed E-state index contributed by atoms with van der Waals surface area (Å²) < 4.78 is 39.6. The zero-order valence-corrected chi connectivity index (χ0v) is 20.9. The van der Waals surface area contributed by atoms with Crippen molar-refractivity contribution in [3.05, 3.63) is 0 Å². The predicted octanol–water partition coefficient (Wildman–Crippen LogP) is 1.99. The second kappa shape index (κ2) is 10.4. The van der Waals surface area contributed by atoms with Crippen LogP contribution in [0.1, 0.15) is 70.6 Å². The van der Waals surface area contributed by atoms with Gasteiger partial charge in [0.15, 0.2) is 0 Å². The first kappa shape index (κ1) is 26.2. The number of halogens is 3. The van der Waals surface area contributed by atoms with Crippen LogP contribution in [0.2, 0.25) is 0 Å². The Morgan fingerprint density at radius 2 is 1.69 bits per heavy atom. The Kier molecular flexibility index (Phi) is 7.55. The van der Waals surface area contributed by atoms with Crippen molar-refractivity contribution in [2.24, 2.45) is 35.1 Å². The summed E-state index contributed by atoms with van der Waals surface area (Å²) in [6.07, 6.45) is 3.20. The van der Waals surface area contributed by atoms with Crippen LogP contribution in [0.15, 0.2) is 0 Å². The van der Waals surface area contributed by atoms with Crippen molar-refractivity contribution in [1.29, 1.82) is 5.41 Å². The van der Waals surface area contributed by atoms with Crippen LogP contribution >= 0.6 is 0 Å². The Hall–Kier alpha value is -1.43. The summed E-state index contributed by atoms with van der Waals surface area (Å²) in [6.45, 7) is 0.657. The van der Waals surface area contributed by atoms with Gasteiger partial charge >= 0.3 is 6.18 Å². The van der Waals surface area contributed by atoms with Gasteiger partial charge in [0.05, 0.1) is 17.8 Å². The molecule has 11 heteroatoms. The topological polar surface area (TPSA) is 132 Å². The molecule has 36 heavy (non-hydrogen) atoms. The fraction of sp³-hybridized carbons (Fsp3) is 0.920. The van der Waals surface area contributed by atoms with Crippen molar-refractivity contribution < 1.29 is 18.0 Å². The van der Waals surface area contributed by atoms with Gasteiger partial charge in [0, 0.05) is 36.6 Å². The normalized spacial score (nSPS) is 43.6.